The number of carbonyl (C=O) groups is 1. The quantitative estimate of drug-likeness (QED) is 0.833. The summed E-state index contributed by atoms with van der Waals surface area (Å²) >= 11 is 1.65. The topological polar surface area (TPSA) is 58.6 Å². The van der Waals surface area contributed by atoms with E-state index in [1.807, 2.05) is 11.4 Å². The number of aromatic nitrogens is 2. The van der Waals surface area contributed by atoms with Crippen LogP contribution in [-0.4, -0.2) is 59.0 Å². The molecule has 0 bridgehead atoms. The van der Waals surface area contributed by atoms with Gasteiger partial charge in [0.1, 0.15) is 10.7 Å². The molecule has 0 aliphatic carbocycles. The number of hydrogen-bond donors (Lipinski definition) is 0. The van der Waals surface area contributed by atoms with Crippen molar-refractivity contribution >= 4 is 17.2 Å². The Morgan fingerprint density at radius 1 is 1.39 bits per heavy atom. The van der Waals surface area contributed by atoms with Gasteiger partial charge in [0, 0.05) is 31.7 Å². The predicted octanol–water partition coefficient (Wildman–Crippen LogP) is 1.64. The SMILES string of the molecule is CN(Cc1csc(CN2CCOCC2)n1)C(=O)c1ccccn1. The third-order valence-corrected chi connectivity index (χ3v) is 4.57. The lowest BCUT2D eigenvalue weighted by Crippen LogP contribution is -2.35. The minimum absolute atomic E-state index is 0.0895. The van der Waals surface area contributed by atoms with Crippen LogP contribution in [0.15, 0.2) is 29.8 Å². The van der Waals surface area contributed by atoms with Crippen molar-refractivity contribution in [1.29, 1.82) is 0 Å². The van der Waals surface area contributed by atoms with Crippen LogP contribution in [0.3, 0.4) is 0 Å². The van der Waals surface area contributed by atoms with Crippen LogP contribution in [0.1, 0.15) is 21.2 Å². The number of rotatable bonds is 5. The van der Waals surface area contributed by atoms with Gasteiger partial charge in [-0.05, 0) is 12.1 Å². The molecule has 0 spiro atoms. The maximum absolute atomic E-state index is 12.3. The van der Waals surface area contributed by atoms with Gasteiger partial charge >= 0.3 is 0 Å². The van der Waals surface area contributed by atoms with E-state index in [0.717, 1.165) is 43.5 Å². The highest BCUT2D eigenvalue weighted by Crippen LogP contribution is 2.15. The molecule has 3 heterocycles. The van der Waals surface area contributed by atoms with Gasteiger partial charge in [0.2, 0.25) is 0 Å². The number of hydrogen-bond acceptors (Lipinski definition) is 6. The first kappa shape index (κ1) is 16.0. The summed E-state index contributed by atoms with van der Waals surface area (Å²) in [5.74, 6) is -0.0895. The maximum atomic E-state index is 12.3. The fourth-order valence-corrected chi connectivity index (χ4v) is 3.27. The number of carbonyl (C=O) groups excluding carboxylic acids is 1. The first-order valence-corrected chi connectivity index (χ1v) is 8.50. The van der Waals surface area contributed by atoms with E-state index in [0.29, 0.717) is 12.2 Å². The summed E-state index contributed by atoms with van der Waals surface area (Å²) in [6.07, 6.45) is 1.63. The van der Waals surface area contributed by atoms with Gasteiger partial charge in [-0.2, -0.15) is 0 Å². The van der Waals surface area contributed by atoms with E-state index in [9.17, 15) is 4.79 Å². The Morgan fingerprint density at radius 3 is 2.96 bits per heavy atom. The molecule has 1 saturated heterocycles. The van der Waals surface area contributed by atoms with Crippen LogP contribution in [0.2, 0.25) is 0 Å². The van der Waals surface area contributed by atoms with Gasteiger partial charge in [-0.3, -0.25) is 14.7 Å². The van der Waals surface area contributed by atoms with E-state index < -0.39 is 0 Å². The molecule has 0 aromatic carbocycles. The first-order chi connectivity index (χ1) is 11.2. The summed E-state index contributed by atoms with van der Waals surface area (Å²) in [7, 11) is 1.78. The van der Waals surface area contributed by atoms with Gasteiger partial charge in [0.15, 0.2) is 0 Å². The summed E-state index contributed by atoms with van der Waals surface area (Å²) in [6.45, 7) is 4.83. The molecule has 1 fully saturated rings. The van der Waals surface area contributed by atoms with Crippen molar-refractivity contribution < 1.29 is 9.53 Å². The van der Waals surface area contributed by atoms with E-state index in [4.69, 9.17) is 4.74 Å². The Hall–Kier alpha value is -1.83. The van der Waals surface area contributed by atoms with Crippen molar-refractivity contribution in [3.8, 4) is 0 Å². The Bertz CT molecular complexity index is 641. The number of morpholine rings is 1. The Morgan fingerprint density at radius 2 is 2.22 bits per heavy atom. The highest BCUT2D eigenvalue weighted by Gasteiger charge is 2.16. The van der Waals surface area contributed by atoms with E-state index in [1.165, 1.54) is 0 Å². The molecule has 0 radical (unpaired) electrons. The molecule has 2 aromatic rings. The number of amides is 1. The summed E-state index contributed by atoms with van der Waals surface area (Å²) in [4.78, 5) is 25.0. The van der Waals surface area contributed by atoms with Crippen molar-refractivity contribution in [3.05, 3.63) is 46.2 Å². The molecule has 6 nitrogen and oxygen atoms in total. The second-order valence-electron chi connectivity index (χ2n) is 5.50. The van der Waals surface area contributed by atoms with Crippen molar-refractivity contribution in [2.75, 3.05) is 33.4 Å². The van der Waals surface area contributed by atoms with Crippen molar-refractivity contribution in [3.63, 3.8) is 0 Å². The Labute approximate surface area is 139 Å². The van der Waals surface area contributed by atoms with Gasteiger partial charge in [-0.1, -0.05) is 6.07 Å². The van der Waals surface area contributed by atoms with Crippen molar-refractivity contribution in [1.82, 2.24) is 19.8 Å². The predicted molar refractivity (Wildman–Crippen MR) is 88.2 cm³/mol. The molecule has 0 atom stereocenters. The lowest BCUT2D eigenvalue weighted by atomic mass is 10.3. The Balaban J connectivity index is 1.56. The number of nitrogens with zero attached hydrogens (tertiary/aromatic N) is 4. The molecular weight excluding hydrogens is 312 g/mol. The normalized spacial score (nSPS) is 15.5. The van der Waals surface area contributed by atoms with Gasteiger partial charge in [0.25, 0.3) is 5.91 Å². The average molecular weight is 332 g/mol. The van der Waals surface area contributed by atoms with Gasteiger partial charge in [-0.25, -0.2) is 4.98 Å². The molecule has 0 N–H and O–H groups in total. The molecule has 3 rings (SSSR count). The monoisotopic (exact) mass is 332 g/mol. The first-order valence-electron chi connectivity index (χ1n) is 7.62. The fraction of sp³-hybridized carbons (Fsp3) is 0.438. The van der Waals surface area contributed by atoms with Crippen LogP contribution in [0.4, 0.5) is 0 Å². The molecule has 0 unspecified atom stereocenters. The second kappa shape index (κ2) is 7.63. The second-order valence-corrected chi connectivity index (χ2v) is 6.44. The molecule has 122 valence electrons. The summed E-state index contributed by atoms with van der Waals surface area (Å²) in [5, 5.41) is 3.11. The number of thiazole rings is 1. The zero-order valence-electron chi connectivity index (χ0n) is 13.1. The third-order valence-electron chi connectivity index (χ3n) is 3.69. The molecule has 1 aliphatic rings. The molecule has 0 saturated carbocycles. The lowest BCUT2D eigenvalue weighted by molar-refractivity contribution is 0.0341. The largest absolute Gasteiger partial charge is 0.379 e. The number of ether oxygens (including phenoxy) is 1. The average Bonchev–Trinajstić information content (AvgIpc) is 3.02. The van der Waals surface area contributed by atoms with Crippen LogP contribution < -0.4 is 0 Å². The fourth-order valence-electron chi connectivity index (χ4n) is 2.44. The summed E-state index contributed by atoms with van der Waals surface area (Å²) < 4.78 is 5.35. The summed E-state index contributed by atoms with van der Waals surface area (Å²) in [5.41, 5.74) is 1.38. The van der Waals surface area contributed by atoms with Gasteiger partial charge in [0.05, 0.1) is 32.0 Å². The zero-order valence-corrected chi connectivity index (χ0v) is 14.0. The minimum atomic E-state index is -0.0895. The van der Waals surface area contributed by atoms with Crippen LogP contribution in [-0.2, 0) is 17.8 Å². The van der Waals surface area contributed by atoms with E-state index >= 15 is 0 Å². The maximum Gasteiger partial charge on any atom is 0.272 e. The molecule has 23 heavy (non-hydrogen) atoms. The van der Waals surface area contributed by atoms with Crippen molar-refractivity contribution in [2.45, 2.75) is 13.1 Å². The van der Waals surface area contributed by atoms with E-state index in [-0.39, 0.29) is 5.91 Å². The smallest absolute Gasteiger partial charge is 0.272 e. The zero-order chi connectivity index (χ0) is 16.1. The number of pyridine rings is 1. The highest BCUT2D eigenvalue weighted by molar-refractivity contribution is 7.09. The molecule has 1 amide bonds. The third kappa shape index (κ3) is 4.34. The Kier molecular flexibility index (Phi) is 5.32. The van der Waals surface area contributed by atoms with Crippen LogP contribution in [0.5, 0.6) is 0 Å². The lowest BCUT2D eigenvalue weighted by Gasteiger charge is -2.25. The van der Waals surface area contributed by atoms with Crippen molar-refractivity contribution in [2.24, 2.45) is 0 Å². The highest BCUT2D eigenvalue weighted by atomic mass is 32.1. The van der Waals surface area contributed by atoms with E-state index in [2.05, 4.69) is 14.9 Å². The molecular formula is C16H20N4O2S. The molecule has 7 heteroatoms. The molecule has 2 aromatic heterocycles. The minimum Gasteiger partial charge on any atom is -0.379 e. The molecule has 1 aliphatic heterocycles. The van der Waals surface area contributed by atoms with Crippen LogP contribution in [0, 0.1) is 0 Å². The van der Waals surface area contributed by atoms with Crippen LogP contribution in [0.25, 0.3) is 0 Å². The van der Waals surface area contributed by atoms with Gasteiger partial charge < -0.3 is 9.64 Å². The van der Waals surface area contributed by atoms with Gasteiger partial charge in [-0.15, -0.1) is 11.3 Å². The van der Waals surface area contributed by atoms with E-state index in [1.54, 1.807) is 41.6 Å². The standard InChI is InChI=1S/C16H20N4O2S/c1-19(16(21)14-4-2-3-5-17-14)10-13-12-23-15(18-13)11-20-6-8-22-9-7-20/h2-5,12H,6-11H2,1H3. The summed E-state index contributed by atoms with van der Waals surface area (Å²) in [6, 6.07) is 5.34. The van der Waals surface area contributed by atoms with Crippen LogP contribution >= 0.6 is 11.3 Å².